The molecule has 0 saturated carbocycles. The number of benzene rings is 2. The van der Waals surface area contributed by atoms with E-state index in [1.807, 2.05) is 30.3 Å². The molecule has 0 saturated heterocycles. The van der Waals surface area contributed by atoms with Crippen LogP contribution in [0.4, 0.5) is 0 Å². The molecule has 2 aromatic carbocycles. The van der Waals surface area contributed by atoms with Gasteiger partial charge in [0.25, 0.3) is 0 Å². The minimum atomic E-state index is 0.249. The van der Waals surface area contributed by atoms with Crippen LogP contribution in [0.3, 0.4) is 0 Å². The van der Waals surface area contributed by atoms with Crippen molar-refractivity contribution < 1.29 is 14.2 Å². The van der Waals surface area contributed by atoms with Crippen LogP contribution in [0.5, 0.6) is 17.2 Å². The van der Waals surface area contributed by atoms with Crippen LogP contribution in [0.2, 0.25) is 0 Å². The molecular weight excluding hydrogens is 278 g/mol. The molecule has 0 amide bonds. The van der Waals surface area contributed by atoms with Crippen LogP contribution in [-0.2, 0) is 6.54 Å². The number of hydrogen-bond donors (Lipinski definition) is 1. The van der Waals surface area contributed by atoms with Gasteiger partial charge in [-0.15, -0.1) is 0 Å². The quantitative estimate of drug-likeness (QED) is 0.849. The highest BCUT2D eigenvalue weighted by Gasteiger charge is 2.13. The first-order valence-corrected chi connectivity index (χ1v) is 7.26. The van der Waals surface area contributed by atoms with E-state index in [-0.39, 0.29) is 6.04 Å². The molecule has 1 unspecified atom stereocenters. The van der Waals surface area contributed by atoms with Crippen LogP contribution in [0.1, 0.15) is 24.1 Å². The lowest BCUT2D eigenvalue weighted by atomic mass is 10.1. The molecule has 4 heteroatoms. The van der Waals surface area contributed by atoms with Crippen molar-refractivity contribution in [3.63, 3.8) is 0 Å². The standard InChI is InChI=1S/C18H23NO3/c1-13(14-8-6-5-7-9-14)19-12-15-10-17(21-3)18(22-4)11-16(15)20-2/h5-11,13,19H,12H2,1-4H3. The second-order valence-corrected chi connectivity index (χ2v) is 5.03. The summed E-state index contributed by atoms with van der Waals surface area (Å²) in [5.74, 6) is 2.15. The maximum Gasteiger partial charge on any atom is 0.164 e. The first kappa shape index (κ1) is 16.2. The van der Waals surface area contributed by atoms with Crippen molar-refractivity contribution in [3.05, 3.63) is 53.6 Å². The third kappa shape index (κ3) is 3.71. The van der Waals surface area contributed by atoms with E-state index in [0.717, 1.165) is 11.3 Å². The molecule has 0 aliphatic rings. The Morgan fingerprint density at radius 3 is 2.05 bits per heavy atom. The Labute approximate surface area is 132 Å². The van der Waals surface area contributed by atoms with E-state index >= 15 is 0 Å². The van der Waals surface area contributed by atoms with Crippen molar-refractivity contribution in [1.29, 1.82) is 0 Å². The Morgan fingerprint density at radius 2 is 1.45 bits per heavy atom. The van der Waals surface area contributed by atoms with Crippen LogP contribution in [-0.4, -0.2) is 21.3 Å². The lowest BCUT2D eigenvalue weighted by Gasteiger charge is -2.17. The number of hydrogen-bond acceptors (Lipinski definition) is 4. The molecule has 22 heavy (non-hydrogen) atoms. The molecule has 0 fully saturated rings. The third-order valence-corrected chi connectivity index (χ3v) is 3.68. The summed E-state index contributed by atoms with van der Waals surface area (Å²) in [5.41, 5.74) is 2.28. The second kappa shape index (κ2) is 7.71. The highest BCUT2D eigenvalue weighted by atomic mass is 16.5. The Kier molecular flexibility index (Phi) is 5.67. The zero-order valence-corrected chi connectivity index (χ0v) is 13.6. The van der Waals surface area contributed by atoms with Gasteiger partial charge in [-0.05, 0) is 18.6 Å². The molecule has 0 radical (unpaired) electrons. The molecule has 2 rings (SSSR count). The summed E-state index contributed by atoms with van der Waals surface area (Å²) in [6.45, 7) is 2.82. The topological polar surface area (TPSA) is 39.7 Å². The van der Waals surface area contributed by atoms with Crippen molar-refractivity contribution in [2.24, 2.45) is 0 Å². The Hall–Kier alpha value is -2.20. The average Bonchev–Trinajstić information content (AvgIpc) is 2.59. The predicted molar refractivity (Wildman–Crippen MR) is 87.8 cm³/mol. The molecule has 2 aromatic rings. The molecular formula is C18H23NO3. The fraction of sp³-hybridized carbons (Fsp3) is 0.333. The van der Waals surface area contributed by atoms with Crippen LogP contribution in [0.15, 0.2) is 42.5 Å². The van der Waals surface area contributed by atoms with Gasteiger partial charge >= 0.3 is 0 Å². The minimum absolute atomic E-state index is 0.249. The second-order valence-electron chi connectivity index (χ2n) is 5.03. The molecule has 0 heterocycles. The number of methoxy groups -OCH3 is 3. The number of nitrogens with one attached hydrogen (secondary N) is 1. The normalized spacial score (nSPS) is 11.8. The van der Waals surface area contributed by atoms with Gasteiger partial charge in [-0.3, -0.25) is 0 Å². The van der Waals surface area contributed by atoms with Crippen molar-refractivity contribution in [2.75, 3.05) is 21.3 Å². The first-order valence-electron chi connectivity index (χ1n) is 7.26. The Bertz CT molecular complexity index is 599. The van der Waals surface area contributed by atoms with Gasteiger partial charge in [-0.1, -0.05) is 30.3 Å². The van der Waals surface area contributed by atoms with Gasteiger partial charge in [0.05, 0.1) is 21.3 Å². The summed E-state index contributed by atoms with van der Waals surface area (Å²) in [6, 6.07) is 14.4. The van der Waals surface area contributed by atoms with E-state index in [4.69, 9.17) is 14.2 Å². The van der Waals surface area contributed by atoms with Crippen LogP contribution in [0, 0.1) is 0 Å². The largest absolute Gasteiger partial charge is 0.496 e. The first-order chi connectivity index (χ1) is 10.7. The molecule has 0 bridgehead atoms. The molecule has 0 aliphatic heterocycles. The SMILES string of the molecule is COc1cc(OC)c(OC)cc1CNC(C)c1ccccc1. The van der Waals surface area contributed by atoms with Gasteiger partial charge in [0.1, 0.15) is 5.75 Å². The summed E-state index contributed by atoms with van der Waals surface area (Å²) in [5, 5.41) is 3.50. The van der Waals surface area contributed by atoms with E-state index in [2.05, 4.69) is 24.4 Å². The van der Waals surface area contributed by atoms with Gasteiger partial charge in [0, 0.05) is 24.2 Å². The van der Waals surface area contributed by atoms with Crippen molar-refractivity contribution >= 4 is 0 Å². The summed E-state index contributed by atoms with van der Waals surface area (Å²) >= 11 is 0. The fourth-order valence-corrected chi connectivity index (χ4v) is 2.35. The highest BCUT2D eigenvalue weighted by molar-refractivity contribution is 5.50. The molecule has 118 valence electrons. The van der Waals surface area contributed by atoms with Crippen LogP contribution in [0.25, 0.3) is 0 Å². The van der Waals surface area contributed by atoms with E-state index < -0.39 is 0 Å². The molecule has 4 nitrogen and oxygen atoms in total. The zero-order chi connectivity index (χ0) is 15.9. The number of ether oxygens (including phenoxy) is 3. The highest BCUT2D eigenvalue weighted by Crippen LogP contribution is 2.34. The van der Waals surface area contributed by atoms with Crippen molar-refractivity contribution in [1.82, 2.24) is 5.32 Å². The molecule has 0 aromatic heterocycles. The van der Waals surface area contributed by atoms with Crippen LogP contribution < -0.4 is 19.5 Å². The van der Waals surface area contributed by atoms with Crippen molar-refractivity contribution in [2.45, 2.75) is 19.5 Å². The van der Waals surface area contributed by atoms with Gasteiger partial charge < -0.3 is 19.5 Å². The van der Waals surface area contributed by atoms with Gasteiger partial charge in [-0.2, -0.15) is 0 Å². The van der Waals surface area contributed by atoms with Gasteiger partial charge in [-0.25, -0.2) is 0 Å². The molecule has 0 spiro atoms. The summed E-state index contributed by atoms with van der Waals surface area (Å²) < 4.78 is 16.1. The monoisotopic (exact) mass is 301 g/mol. The smallest absolute Gasteiger partial charge is 0.164 e. The van der Waals surface area contributed by atoms with Gasteiger partial charge in [0.15, 0.2) is 11.5 Å². The molecule has 1 N–H and O–H groups in total. The van der Waals surface area contributed by atoms with E-state index in [1.165, 1.54) is 5.56 Å². The van der Waals surface area contributed by atoms with E-state index in [0.29, 0.717) is 18.0 Å². The molecule has 1 atom stereocenters. The summed E-state index contributed by atoms with van der Waals surface area (Å²) in [7, 11) is 4.91. The molecule has 0 aliphatic carbocycles. The van der Waals surface area contributed by atoms with Crippen LogP contribution >= 0.6 is 0 Å². The third-order valence-electron chi connectivity index (χ3n) is 3.68. The summed E-state index contributed by atoms with van der Waals surface area (Å²) in [4.78, 5) is 0. The van der Waals surface area contributed by atoms with Gasteiger partial charge in [0.2, 0.25) is 0 Å². The lowest BCUT2D eigenvalue weighted by Crippen LogP contribution is -2.18. The van der Waals surface area contributed by atoms with E-state index in [9.17, 15) is 0 Å². The minimum Gasteiger partial charge on any atom is -0.496 e. The Morgan fingerprint density at radius 1 is 0.864 bits per heavy atom. The van der Waals surface area contributed by atoms with Crippen molar-refractivity contribution in [3.8, 4) is 17.2 Å². The lowest BCUT2D eigenvalue weighted by molar-refractivity contribution is 0.346. The predicted octanol–water partition coefficient (Wildman–Crippen LogP) is 3.56. The van der Waals surface area contributed by atoms with E-state index in [1.54, 1.807) is 21.3 Å². The fourth-order valence-electron chi connectivity index (χ4n) is 2.35. The number of rotatable bonds is 7. The maximum atomic E-state index is 5.45. The Balaban J connectivity index is 2.15. The zero-order valence-electron chi connectivity index (χ0n) is 13.6. The average molecular weight is 301 g/mol. The summed E-state index contributed by atoms with van der Waals surface area (Å²) in [6.07, 6.45) is 0. The maximum absolute atomic E-state index is 5.45.